The summed E-state index contributed by atoms with van der Waals surface area (Å²) in [5, 5.41) is 0. The van der Waals surface area contributed by atoms with E-state index in [1.807, 2.05) is 0 Å². The van der Waals surface area contributed by atoms with Crippen molar-refractivity contribution >= 4 is 0 Å². The lowest BCUT2D eigenvalue weighted by Crippen LogP contribution is -2.27. The molecule has 12 heavy (non-hydrogen) atoms. The van der Waals surface area contributed by atoms with Gasteiger partial charge in [-0.1, -0.05) is 20.8 Å². The molecule has 2 aliphatic rings. The van der Waals surface area contributed by atoms with Gasteiger partial charge in [-0.2, -0.15) is 0 Å². The fourth-order valence-electron chi connectivity index (χ4n) is 2.29. The van der Waals surface area contributed by atoms with Crippen LogP contribution < -0.4 is 0 Å². The zero-order chi connectivity index (χ0) is 8.72. The van der Waals surface area contributed by atoms with Crippen LogP contribution in [0.5, 0.6) is 0 Å². The third kappa shape index (κ3) is 1.17. The van der Waals surface area contributed by atoms with Crippen LogP contribution in [0.15, 0.2) is 0 Å². The largest absolute Gasteiger partial charge is 0.375 e. The number of hydrogen-bond acceptors (Lipinski definition) is 2. The topological polar surface area (TPSA) is 18.5 Å². The van der Waals surface area contributed by atoms with Crippen molar-refractivity contribution in [3.8, 4) is 0 Å². The number of ether oxygens (including phenoxy) is 2. The maximum atomic E-state index is 5.74. The summed E-state index contributed by atoms with van der Waals surface area (Å²) in [4.78, 5) is 0. The normalized spacial score (nSPS) is 47.0. The van der Waals surface area contributed by atoms with Gasteiger partial charge in [0.1, 0.15) is 0 Å². The molecule has 0 spiro atoms. The lowest BCUT2D eigenvalue weighted by molar-refractivity contribution is 0.0549. The summed E-state index contributed by atoms with van der Waals surface area (Å²) in [6.07, 6.45) is 0.775. The van der Waals surface area contributed by atoms with Crippen LogP contribution in [0.3, 0.4) is 0 Å². The highest BCUT2D eigenvalue weighted by atomic mass is 16.6. The number of hydrogen-bond donors (Lipinski definition) is 0. The molecule has 2 heteroatoms. The quantitative estimate of drug-likeness (QED) is 0.596. The van der Waals surface area contributed by atoms with Crippen molar-refractivity contribution in [2.75, 3.05) is 13.2 Å². The van der Waals surface area contributed by atoms with Crippen molar-refractivity contribution in [1.29, 1.82) is 0 Å². The summed E-state index contributed by atoms with van der Waals surface area (Å²) in [6.45, 7) is 8.51. The lowest BCUT2D eigenvalue weighted by Gasteiger charge is -2.19. The molecule has 70 valence electrons. The molecule has 0 unspecified atom stereocenters. The molecule has 0 aromatic rings. The van der Waals surface area contributed by atoms with E-state index in [0.29, 0.717) is 30.0 Å². The minimum atomic E-state index is 0.386. The fourth-order valence-corrected chi connectivity index (χ4v) is 2.29. The Kier molecular flexibility index (Phi) is 2.13. The van der Waals surface area contributed by atoms with Crippen molar-refractivity contribution in [1.82, 2.24) is 0 Å². The third-order valence-corrected chi connectivity index (χ3v) is 3.20. The summed E-state index contributed by atoms with van der Waals surface area (Å²) in [7, 11) is 0. The van der Waals surface area contributed by atoms with Gasteiger partial charge in [-0.3, -0.25) is 0 Å². The Morgan fingerprint density at radius 1 is 1.08 bits per heavy atom. The second-order valence-electron chi connectivity index (χ2n) is 4.48. The highest BCUT2D eigenvalue weighted by Crippen LogP contribution is 2.37. The molecule has 0 N–H and O–H groups in total. The molecule has 0 aromatic carbocycles. The minimum Gasteiger partial charge on any atom is -0.375 e. The van der Waals surface area contributed by atoms with Crippen LogP contribution >= 0.6 is 0 Å². The zero-order valence-electron chi connectivity index (χ0n) is 8.12. The average Bonchev–Trinajstić information content (AvgIpc) is 2.53. The summed E-state index contributed by atoms with van der Waals surface area (Å²) in [5.41, 5.74) is 0. The molecule has 0 aliphatic carbocycles. The van der Waals surface area contributed by atoms with E-state index in [1.54, 1.807) is 0 Å². The van der Waals surface area contributed by atoms with E-state index >= 15 is 0 Å². The van der Waals surface area contributed by atoms with Crippen LogP contribution in [0, 0.1) is 17.8 Å². The van der Waals surface area contributed by atoms with Gasteiger partial charge in [0.2, 0.25) is 0 Å². The minimum absolute atomic E-state index is 0.386. The van der Waals surface area contributed by atoms with Gasteiger partial charge in [0.05, 0.1) is 25.4 Å². The molecule has 0 aromatic heterocycles. The average molecular weight is 170 g/mol. The lowest BCUT2D eigenvalue weighted by atomic mass is 9.89. The van der Waals surface area contributed by atoms with E-state index in [1.165, 1.54) is 0 Å². The Labute approximate surface area is 74.2 Å². The molecule has 0 amide bonds. The van der Waals surface area contributed by atoms with Gasteiger partial charge in [-0.05, 0) is 5.92 Å². The van der Waals surface area contributed by atoms with E-state index in [0.717, 1.165) is 13.2 Å². The zero-order valence-corrected chi connectivity index (χ0v) is 8.12. The first kappa shape index (κ1) is 8.52. The molecular formula is C10H18O2. The molecule has 4 atom stereocenters. The molecule has 0 bridgehead atoms. The van der Waals surface area contributed by atoms with Gasteiger partial charge in [0, 0.05) is 11.8 Å². The van der Waals surface area contributed by atoms with Gasteiger partial charge < -0.3 is 9.47 Å². The predicted octanol–water partition coefficient (Wildman–Crippen LogP) is 1.69. The molecule has 2 fully saturated rings. The van der Waals surface area contributed by atoms with E-state index in [2.05, 4.69) is 20.8 Å². The van der Waals surface area contributed by atoms with Crippen molar-refractivity contribution < 1.29 is 9.47 Å². The van der Waals surface area contributed by atoms with Crippen LogP contribution in [0.4, 0.5) is 0 Å². The standard InChI is InChI=1S/C10H18O2/c1-6(2)8-5-12-9-7(3)4-11-10(8)9/h6-10H,4-5H2,1-3H3/t7-,8+,9+,10+/m0/s1. The van der Waals surface area contributed by atoms with Gasteiger partial charge >= 0.3 is 0 Å². The van der Waals surface area contributed by atoms with Crippen LogP contribution in [0.2, 0.25) is 0 Å². The van der Waals surface area contributed by atoms with Crippen molar-refractivity contribution in [2.24, 2.45) is 17.8 Å². The second kappa shape index (κ2) is 3.00. The van der Waals surface area contributed by atoms with Crippen molar-refractivity contribution in [2.45, 2.75) is 33.0 Å². The Bertz CT molecular complexity index is 167. The van der Waals surface area contributed by atoms with Crippen LogP contribution in [0.25, 0.3) is 0 Å². The number of fused-ring (bicyclic) bond motifs is 1. The van der Waals surface area contributed by atoms with Gasteiger partial charge in [0.25, 0.3) is 0 Å². The summed E-state index contributed by atoms with van der Waals surface area (Å²) in [6, 6.07) is 0. The Morgan fingerprint density at radius 2 is 1.75 bits per heavy atom. The van der Waals surface area contributed by atoms with Gasteiger partial charge in [-0.15, -0.1) is 0 Å². The molecule has 2 nitrogen and oxygen atoms in total. The van der Waals surface area contributed by atoms with Crippen LogP contribution in [-0.4, -0.2) is 25.4 Å². The van der Waals surface area contributed by atoms with E-state index < -0.39 is 0 Å². The molecule has 2 saturated heterocycles. The molecule has 2 aliphatic heterocycles. The Balaban J connectivity index is 2.05. The molecule has 0 radical (unpaired) electrons. The maximum absolute atomic E-state index is 5.74. The highest BCUT2D eigenvalue weighted by Gasteiger charge is 2.46. The van der Waals surface area contributed by atoms with Crippen LogP contribution in [-0.2, 0) is 9.47 Å². The third-order valence-electron chi connectivity index (χ3n) is 3.20. The molecule has 2 heterocycles. The van der Waals surface area contributed by atoms with Crippen LogP contribution in [0.1, 0.15) is 20.8 Å². The van der Waals surface area contributed by atoms with E-state index in [9.17, 15) is 0 Å². The highest BCUT2D eigenvalue weighted by molar-refractivity contribution is 4.93. The molecular weight excluding hydrogens is 152 g/mol. The summed E-state index contributed by atoms with van der Waals surface area (Å²) >= 11 is 0. The monoisotopic (exact) mass is 170 g/mol. The Hall–Kier alpha value is -0.0800. The van der Waals surface area contributed by atoms with Gasteiger partial charge in [-0.25, -0.2) is 0 Å². The first-order valence-electron chi connectivity index (χ1n) is 4.93. The first-order chi connectivity index (χ1) is 5.70. The van der Waals surface area contributed by atoms with Crippen molar-refractivity contribution in [3.05, 3.63) is 0 Å². The van der Waals surface area contributed by atoms with Gasteiger partial charge in [0.15, 0.2) is 0 Å². The Morgan fingerprint density at radius 3 is 2.42 bits per heavy atom. The molecule has 2 rings (SSSR count). The predicted molar refractivity (Wildman–Crippen MR) is 47.0 cm³/mol. The molecule has 0 saturated carbocycles. The maximum Gasteiger partial charge on any atom is 0.0892 e. The van der Waals surface area contributed by atoms with Crippen molar-refractivity contribution in [3.63, 3.8) is 0 Å². The smallest absolute Gasteiger partial charge is 0.0892 e. The summed E-state index contributed by atoms with van der Waals surface area (Å²) in [5.74, 6) is 1.91. The van der Waals surface area contributed by atoms with E-state index in [-0.39, 0.29) is 0 Å². The first-order valence-corrected chi connectivity index (χ1v) is 4.93. The van der Waals surface area contributed by atoms with E-state index in [4.69, 9.17) is 9.47 Å². The second-order valence-corrected chi connectivity index (χ2v) is 4.48. The fraction of sp³-hybridized carbons (Fsp3) is 1.00. The number of rotatable bonds is 1. The summed E-state index contributed by atoms with van der Waals surface area (Å²) < 4.78 is 11.5. The SMILES string of the molecule is CC(C)[C@H]1CO[C@H]2[C@@H]1OC[C@@H]2C.